The number of anilines is 1. The van der Waals surface area contributed by atoms with Crippen LogP contribution in [0.2, 0.25) is 0 Å². The number of esters is 1. The Morgan fingerprint density at radius 3 is 2.62 bits per heavy atom. The van der Waals surface area contributed by atoms with E-state index in [9.17, 15) is 9.59 Å². The van der Waals surface area contributed by atoms with Gasteiger partial charge in [-0.05, 0) is 30.7 Å². The molecule has 1 N–H and O–H groups in total. The summed E-state index contributed by atoms with van der Waals surface area (Å²) in [7, 11) is 0. The van der Waals surface area contributed by atoms with Crippen LogP contribution in [0.1, 0.15) is 12.5 Å². The van der Waals surface area contributed by atoms with Gasteiger partial charge in [-0.15, -0.1) is 0 Å². The molecule has 16 heavy (non-hydrogen) atoms. The molecule has 0 aromatic heterocycles. The third-order valence-corrected chi connectivity index (χ3v) is 1.83. The molecule has 84 valence electrons. The largest absolute Gasteiger partial charge is 0.463 e. The molecule has 0 saturated heterocycles. The van der Waals surface area contributed by atoms with Crippen LogP contribution >= 0.6 is 0 Å². The third-order valence-electron chi connectivity index (χ3n) is 1.83. The lowest BCUT2D eigenvalue weighted by Crippen LogP contribution is -1.98. The van der Waals surface area contributed by atoms with Gasteiger partial charge in [0.05, 0.1) is 6.61 Å². The number of benzene rings is 1. The van der Waals surface area contributed by atoms with Gasteiger partial charge in [0.1, 0.15) is 0 Å². The fourth-order valence-electron chi connectivity index (χ4n) is 1.11. The van der Waals surface area contributed by atoms with Crippen LogP contribution in [0.25, 0.3) is 6.08 Å². The molecule has 0 unspecified atom stereocenters. The van der Waals surface area contributed by atoms with Crippen molar-refractivity contribution in [1.82, 2.24) is 0 Å². The highest BCUT2D eigenvalue weighted by Crippen LogP contribution is 2.09. The first-order valence-corrected chi connectivity index (χ1v) is 4.91. The summed E-state index contributed by atoms with van der Waals surface area (Å²) in [6, 6.07) is 7.08. The van der Waals surface area contributed by atoms with Crippen LogP contribution in [-0.4, -0.2) is 19.0 Å². The second kappa shape index (κ2) is 6.40. The number of ether oxygens (including phenoxy) is 1. The zero-order valence-electron chi connectivity index (χ0n) is 8.97. The van der Waals surface area contributed by atoms with Gasteiger partial charge in [0.2, 0.25) is 6.41 Å². The lowest BCUT2D eigenvalue weighted by atomic mass is 10.2. The molecule has 0 aliphatic heterocycles. The Kier molecular flexibility index (Phi) is 4.79. The van der Waals surface area contributed by atoms with Crippen LogP contribution in [0.4, 0.5) is 5.69 Å². The standard InChI is InChI=1S/C12H13NO3/c1-2-16-12(15)8-5-10-3-6-11(7-4-10)13-9-14/h3-9H,2H2,1H3,(H,13,14). The quantitative estimate of drug-likeness (QED) is 0.467. The molecule has 0 radical (unpaired) electrons. The molecular formula is C12H13NO3. The molecule has 0 bridgehead atoms. The van der Waals surface area contributed by atoms with Gasteiger partial charge in [-0.25, -0.2) is 4.79 Å². The maximum absolute atomic E-state index is 11.0. The molecule has 4 nitrogen and oxygen atoms in total. The second-order valence-electron chi connectivity index (χ2n) is 2.97. The van der Waals surface area contributed by atoms with E-state index in [-0.39, 0.29) is 5.97 Å². The monoisotopic (exact) mass is 219 g/mol. The predicted molar refractivity (Wildman–Crippen MR) is 61.8 cm³/mol. The summed E-state index contributed by atoms with van der Waals surface area (Å²) in [5, 5.41) is 2.52. The van der Waals surface area contributed by atoms with Gasteiger partial charge < -0.3 is 10.1 Å². The Balaban J connectivity index is 2.61. The van der Waals surface area contributed by atoms with Crippen LogP contribution in [0.5, 0.6) is 0 Å². The summed E-state index contributed by atoms with van der Waals surface area (Å²) >= 11 is 0. The summed E-state index contributed by atoms with van der Waals surface area (Å²) in [5.41, 5.74) is 1.58. The van der Waals surface area contributed by atoms with Crippen molar-refractivity contribution in [3.63, 3.8) is 0 Å². The van der Waals surface area contributed by atoms with Gasteiger partial charge in [0.15, 0.2) is 0 Å². The highest BCUT2D eigenvalue weighted by Gasteiger charge is 1.94. The molecule has 0 fully saturated rings. The topological polar surface area (TPSA) is 55.4 Å². The average Bonchev–Trinajstić information content (AvgIpc) is 2.29. The Labute approximate surface area is 93.9 Å². The highest BCUT2D eigenvalue weighted by molar-refractivity contribution is 5.87. The van der Waals surface area contributed by atoms with Crippen molar-refractivity contribution in [3.8, 4) is 0 Å². The Hall–Kier alpha value is -2.10. The molecule has 1 aromatic rings. The number of rotatable bonds is 5. The minimum absolute atomic E-state index is 0.363. The molecule has 1 amide bonds. The molecule has 0 saturated carbocycles. The molecule has 4 heteroatoms. The lowest BCUT2D eigenvalue weighted by Gasteiger charge is -1.98. The van der Waals surface area contributed by atoms with E-state index in [1.54, 1.807) is 37.3 Å². The molecule has 0 heterocycles. The molecule has 0 aliphatic carbocycles. The summed E-state index contributed by atoms with van der Waals surface area (Å²) in [6.45, 7) is 2.12. The highest BCUT2D eigenvalue weighted by atomic mass is 16.5. The summed E-state index contributed by atoms with van der Waals surface area (Å²) < 4.78 is 4.74. The molecule has 0 spiro atoms. The van der Waals surface area contributed by atoms with Gasteiger partial charge >= 0.3 is 5.97 Å². The maximum atomic E-state index is 11.0. The fourth-order valence-corrected chi connectivity index (χ4v) is 1.11. The molecule has 1 aromatic carbocycles. The predicted octanol–water partition coefficient (Wildman–Crippen LogP) is 1.83. The molecule has 0 atom stereocenters. The van der Waals surface area contributed by atoms with Crippen LogP contribution in [-0.2, 0) is 14.3 Å². The van der Waals surface area contributed by atoms with E-state index in [1.165, 1.54) is 6.08 Å². The van der Waals surface area contributed by atoms with Gasteiger partial charge in [-0.1, -0.05) is 12.1 Å². The number of carbonyl (C=O) groups is 2. The molecule has 0 aliphatic rings. The minimum atomic E-state index is -0.363. The van der Waals surface area contributed by atoms with Crippen molar-refractivity contribution in [2.75, 3.05) is 11.9 Å². The Morgan fingerprint density at radius 2 is 2.06 bits per heavy atom. The molecule has 1 rings (SSSR count). The van der Waals surface area contributed by atoms with E-state index in [1.807, 2.05) is 0 Å². The molecular weight excluding hydrogens is 206 g/mol. The zero-order valence-corrected chi connectivity index (χ0v) is 8.97. The van der Waals surface area contributed by atoms with E-state index in [2.05, 4.69) is 5.32 Å². The van der Waals surface area contributed by atoms with Crippen LogP contribution in [0.15, 0.2) is 30.3 Å². The van der Waals surface area contributed by atoms with Gasteiger partial charge in [0, 0.05) is 11.8 Å². The van der Waals surface area contributed by atoms with Crippen LogP contribution < -0.4 is 5.32 Å². The minimum Gasteiger partial charge on any atom is -0.463 e. The van der Waals surface area contributed by atoms with Gasteiger partial charge in [0.25, 0.3) is 0 Å². The number of nitrogens with one attached hydrogen (secondary N) is 1. The zero-order chi connectivity index (χ0) is 11.8. The van der Waals surface area contributed by atoms with E-state index < -0.39 is 0 Å². The number of amides is 1. The maximum Gasteiger partial charge on any atom is 0.330 e. The van der Waals surface area contributed by atoms with Gasteiger partial charge in [-0.2, -0.15) is 0 Å². The van der Waals surface area contributed by atoms with Crippen LogP contribution in [0, 0.1) is 0 Å². The summed E-state index contributed by atoms with van der Waals surface area (Å²) in [4.78, 5) is 21.2. The first-order valence-electron chi connectivity index (χ1n) is 4.91. The van der Waals surface area contributed by atoms with Gasteiger partial charge in [-0.3, -0.25) is 4.79 Å². The van der Waals surface area contributed by atoms with Crippen molar-refractivity contribution in [1.29, 1.82) is 0 Å². The van der Waals surface area contributed by atoms with Crippen molar-refractivity contribution in [3.05, 3.63) is 35.9 Å². The SMILES string of the molecule is CCOC(=O)C=Cc1ccc(NC=O)cc1. The van der Waals surface area contributed by atoms with E-state index in [4.69, 9.17) is 4.74 Å². The first-order chi connectivity index (χ1) is 7.76. The van der Waals surface area contributed by atoms with Crippen molar-refractivity contribution in [2.45, 2.75) is 6.92 Å². The fraction of sp³-hybridized carbons (Fsp3) is 0.167. The number of hydrogen-bond acceptors (Lipinski definition) is 3. The Bertz CT molecular complexity index is 382. The van der Waals surface area contributed by atoms with Crippen molar-refractivity contribution in [2.24, 2.45) is 0 Å². The summed E-state index contributed by atoms with van der Waals surface area (Å²) in [6.07, 6.45) is 3.64. The van der Waals surface area contributed by atoms with E-state index in [0.717, 1.165) is 5.56 Å². The number of hydrogen-bond donors (Lipinski definition) is 1. The Morgan fingerprint density at radius 1 is 1.38 bits per heavy atom. The summed E-state index contributed by atoms with van der Waals surface area (Å²) in [5.74, 6) is -0.363. The van der Waals surface area contributed by atoms with Crippen molar-refractivity contribution < 1.29 is 14.3 Å². The van der Waals surface area contributed by atoms with E-state index in [0.29, 0.717) is 18.7 Å². The smallest absolute Gasteiger partial charge is 0.330 e. The number of carbonyl (C=O) groups excluding carboxylic acids is 2. The lowest BCUT2D eigenvalue weighted by molar-refractivity contribution is -0.137. The normalized spacial score (nSPS) is 10.1. The van der Waals surface area contributed by atoms with Crippen molar-refractivity contribution >= 4 is 24.1 Å². The second-order valence-corrected chi connectivity index (χ2v) is 2.97. The first kappa shape index (κ1) is 12.0. The third kappa shape index (κ3) is 3.96. The van der Waals surface area contributed by atoms with Crippen LogP contribution in [0.3, 0.4) is 0 Å². The average molecular weight is 219 g/mol. The van der Waals surface area contributed by atoms with E-state index >= 15 is 0 Å².